The van der Waals surface area contributed by atoms with E-state index in [1.807, 2.05) is 6.07 Å². The number of fused-ring (bicyclic) bond motifs is 10. The summed E-state index contributed by atoms with van der Waals surface area (Å²) in [5, 5.41) is 0. The van der Waals surface area contributed by atoms with Crippen molar-refractivity contribution in [1.82, 2.24) is 19.1 Å². The first-order chi connectivity index (χ1) is 16.7. The van der Waals surface area contributed by atoms with Crippen molar-refractivity contribution in [2.24, 2.45) is 7.05 Å². The smallest absolute Gasteiger partial charge is 0.373 e. The fourth-order valence-electron chi connectivity index (χ4n) is 4.88. The summed E-state index contributed by atoms with van der Waals surface area (Å²) in [5.41, 5.74) is 6.49. The number of benzene rings is 3. The van der Waals surface area contributed by atoms with Gasteiger partial charge in [-0.1, -0.05) is 32.0 Å². The van der Waals surface area contributed by atoms with Gasteiger partial charge in [-0.2, -0.15) is 0 Å². The topological polar surface area (TPSA) is 35.6 Å². The zero-order valence-electron chi connectivity index (χ0n) is 21.1. The molecule has 0 fully saturated rings. The maximum absolute atomic E-state index is 5.21. The van der Waals surface area contributed by atoms with Gasteiger partial charge in [0, 0.05) is 25.1 Å². The maximum Gasteiger partial charge on any atom is 2.00 e. The fourth-order valence-corrected chi connectivity index (χ4v) is 4.88. The summed E-state index contributed by atoms with van der Waals surface area (Å²) in [6.45, 7) is 8.84. The van der Waals surface area contributed by atoms with Crippen molar-refractivity contribution in [3.8, 4) is 28.5 Å². The summed E-state index contributed by atoms with van der Waals surface area (Å²) in [7, 11) is 2.05. The first-order valence-corrected chi connectivity index (χ1v) is 12.0. The molecular weight excluding hydrogens is 623 g/mol. The van der Waals surface area contributed by atoms with E-state index in [-0.39, 0.29) is 26.5 Å². The molecule has 3 heterocycles. The van der Waals surface area contributed by atoms with Gasteiger partial charge in [-0.3, -0.25) is 9.97 Å². The van der Waals surface area contributed by atoms with Gasteiger partial charge >= 0.3 is 21.1 Å². The normalized spacial score (nSPS) is 15.0. The third-order valence-corrected chi connectivity index (χ3v) is 7.32. The van der Waals surface area contributed by atoms with Crippen molar-refractivity contribution in [1.29, 1.82) is 0 Å². The van der Waals surface area contributed by atoms with Gasteiger partial charge in [-0.15, -0.1) is 70.8 Å². The molecule has 0 saturated carbocycles. The minimum absolute atomic E-state index is 0. The Morgan fingerprint density at radius 2 is 1.19 bits per heavy atom. The van der Waals surface area contributed by atoms with Crippen molar-refractivity contribution in [2.45, 2.75) is 38.5 Å². The molecular formula is C31H28N4Pt. The molecule has 8 bridgehead atoms. The second-order valence-corrected chi connectivity index (χ2v) is 10.4. The molecule has 0 amide bonds. The van der Waals surface area contributed by atoms with Crippen LogP contribution in [0.3, 0.4) is 0 Å². The molecule has 182 valence electrons. The number of aryl methyl sites for hydroxylation is 1. The molecule has 1 aliphatic heterocycles. The summed E-state index contributed by atoms with van der Waals surface area (Å²) < 4.78 is 4.27. The first-order valence-electron chi connectivity index (χ1n) is 12.0. The molecule has 5 heteroatoms. The molecule has 0 aliphatic carbocycles. The zero-order chi connectivity index (χ0) is 24.4. The van der Waals surface area contributed by atoms with E-state index in [1.54, 1.807) is 0 Å². The van der Waals surface area contributed by atoms with E-state index in [1.165, 1.54) is 0 Å². The van der Waals surface area contributed by atoms with Crippen LogP contribution >= 0.6 is 0 Å². The standard InChI is InChI=1S/C31H28N4.Pt/c1-30(2)23-13-9-11-21(17-23)28-32-26(19-34(28)5)31(3,4)27-20-35(25-15-7-6-8-16-25)29(33-27)22-12-10-14-24(30)18-22;/h6-16,19-20H,1-5H3;/q-2;+2. The Hall–Kier alpha value is -3.23. The van der Waals surface area contributed by atoms with Gasteiger partial charge in [0.05, 0.1) is 28.5 Å². The predicted octanol–water partition coefficient (Wildman–Crippen LogP) is 6.50. The van der Waals surface area contributed by atoms with Crippen LogP contribution in [-0.4, -0.2) is 19.1 Å². The van der Waals surface area contributed by atoms with Gasteiger partial charge in [-0.05, 0) is 31.4 Å². The molecule has 0 unspecified atom stereocenters. The Bertz CT molecular complexity index is 1560. The van der Waals surface area contributed by atoms with Crippen LogP contribution in [0.25, 0.3) is 28.5 Å². The summed E-state index contributed by atoms with van der Waals surface area (Å²) in [4.78, 5) is 10.3. The van der Waals surface area contributed by atoms with Crippen LogP contribution in [0.1, 0.15) is 50.2 Å². The quantitative estimate of drug-likeness (QED) is 0.194. The van der Waals surface area contributed by atoms with Gasteiger partial charge in [0.1, 0.15) is 0 Å². The number of aromatic nitrogens is 4. The number of rotatable bonds is 1. The Balaban J connectivity index is 0.00000267. The third-order valence-electron chi connectivity index (χ3n) is 7.32. The molecule has 36 heavy (non-hydrogen) atoms. The van der Waals surface area contributed by atoms with E-state index < -0.39 is 5.41 Å². The average molecular weight is 652 g/mol. The van der Waals surface area contributed by atoms with Gasteiger partial charge in [0.2, 0.25) is 0 Å². The van der Waals surface area contributed by atoms with E-state index in [4.69, 9.17) is 9.97 Å². The van der Waals surface area contributed by atoms with Crippen molar-refractivity contribution in [3.63, 3.8) is 0 Å². The number of hydrogen-bond acceptors (Lipinski definition) is 2. The van der Waals surface area contributed by atoms with Crippen molar-refractivity contribution < 1.29 is 21.1 Å². The van der Waals surface area contributed by atoms with E-state index >= 15 is 0 Å². The van der Waals surface area contributed by atoms with E-state index in [2.05, 4.69) is 129 Å². The number of para-hydroxylation sites is 1. The van der Waals surface area contributed by atoms with Crippen LogP contribution in [-0.2, 0) is 38.9 Å². The van der Waals surface area contributed by atoms with Crippen molar-refractivity contribution in [2.75, 3.05) is 0 Å². The molecule has 0 saturated heterocycles. The Morgan fingerprint density at radius 3 is 1.83 bits per heavy atom. The zero-order valence-corrected chi connectivity index (χ0v) is 23.4. The molecule has 5 aromatic rings. The van der Waals surface area contributed by atoms with E-state index in [9.17, 15) is 0 Å². The second-order valence-electron chi connectivity index (χ2n) is 10.4. The van der Waals surface area contributed by atoms with Crippen LogP contribution in [0.4, 0.5) is 0 Å². The average Bonchev–Trinajstić information content (AvgIpc) is 3.50. The van der Waals surface area contributed by atoms with Crippen LogP contribution < -0.4 is 0 Å². The second kappa shape index (κ2) is 8.71. The molecule has 6 rings (SSSR count). The van der Waals surface area contributed by atoms with Crippen LogP contribution in [0.5, 0.6) is 0 Å². The third kappa shape index (κ3) is 3.79. The SMILES string of the molecule is Cn1cc2nc1-c1[c-]c(ccc1)C(C)(C)c1[c-]c(ccc1)-c1nc(cn1-c1ccccc1)C2(C)C.[Pt+2]. The molecule has 0 N–H and O–H groups in total. The fraction of sp³-hybridized carbons (Fsp3) is 0.226. The molecule has 2 aromatic heterocycles. The van der Waals surface area contributed by atoms with Crippen LogP contribution in [0.2, 0.25) is 0 Å². The predicted molar refractivity (Wildman–Crippen MR) is 140 cm³/mol. The number of hydrogen-bond donors (Lipinski definition) is 0. The molecule has 3 aromatic carbocycles. The minimum atomic E-state index is -0.399. The maximum atomic E-state index is 5.21. The van der Waals surface area contributed by atoms with E-state index in [0.29, 0.717) is 0 Å². The monoisotopic (exact) mass is 651 g/mol. The van der Waals surface area contributed by atoms with Crippen LogP contribution in [0, 0.1) is 12.1 Å². The molecule has 1 aliphatic rings. The number of nitrogens with zero attached hydrogens (tertiary/aromatic N) is 4. The van der Waals surface area contributed by atoms with Gasteiger partial charge in [-0.25, -0.2) is 0 Å². The van der Waals surface area contributed by atoms with E-state index in [0.717, 1.165) is 51.0 Å². The van der Waals surface area contributed by atoms with Gasteiger partial charge < -0.3 is 9.13 Å². The molecule has 0 radical (unpaired) electrons. The van der Waals surface area contributed by atoms with Crippen LogP contribution in [0.15, 0.2) is 79.1 Å². The Kier molecular flexibility index (Phi) is 5.92. The first kappa shape index (κ1) is 24.5. The van der Waals surface area contributed by atoms with Gasteiger partial charge in [0.25, 0.3) is 0 Å². The Morgan fingerprint density at radius 1 is 0.639 bits per heavy atom. The summed E-state index contributed by atoms with van der Waals surface area (Å²) in [6.07, 6.45) is 4.27. The summed E-state index contributed by atoms with van der Waals surface area (Å²) in [5.74, 6) is 1.78. The number of imidazole rings is 2. The Labute approximate surface area is 227 Å². The molecule has 0 atom stereocenters. The summed E-state index contributed by atoms with van der Waals surface area (Å²) in [6, 6.07) is 30.5. The van der Waals surface area contributed by atoms with Gasteiger partial charge in [0.15, 0.2) is 0 Å². The molecule has 0 spiro atoms. The van der Waals surface area contributed by atoms with Crippen molar-refractivity contribution >= 4 is 0 Å². The molecule has 4 nitrogen and oxygen atoms in total. The summed E-state index contributed by atoms with van der Waals surface area (Å²) >= 11 is 0. The van der Waals surface area contributed by atoms with Crippen molar-refractivity contribution in [3.05, 3.63) is 114 Å². The minimum Gasteiger partial charge on any atom is -0.373 e. The largest absolute Gasteiger partial charge is 2.00 e.